The molecule has 1 heterocycles. The van der Waals surface area contributed by atoms with Crippen LogP contribution in [0.3, 0.4) is 0 Å². The molecule has 0 saturated heterocycles. The predicted octanol–water partition coefficient (Wildman–Crippen LogP) is 1.60. The molecule has 0 aliphatic carbocycles. The Morgan fingerprint density at radius 1 is 1.40 bits per heavy atom. The van der Waals surface area contributed by atoms with E-state index in [1.165, 1.54) is 4.68 Å². The summed E-state index contributed by atoms with van der Waals surface area (Å²) in [5, 5.41) is 4.85. The molecule has 0 aliphatic rings. The summed E-state index contributed by atoms with van der Waals surface area (Å²) in [5.74, 6) is 2.40. The molecule has 0 saturated carbocycles. The fourth-order valence-electron chi connectivity index (χ4n) is 1.19. The highest BCUT2D eigenvalue weighted by molar-refractivity contribution is 7.12. The Morgan fingerprint density at radius 2 is 2.13 bits per heavy atom. The quantitative estimate of drug-likeness (QED) is 0.715. The van der Waals surface area contributed by atoms with Gasteiger partial charge >= 0.3 is 4.87 Å². The Morgan fingerprint density at radius 3 is 2.80 bits per heavy atom. The summed E-state index contributed by atoms with van der Waals surface area (Å²) in [4.78, 5) is 11.3. The fraction of sp³-hybridized carbons (Fsp3) is 0.0909. The lowest BCUT2D eigenvalue weighted by Gasteiger charge is -1.93. The minimum absolute atomic E-state index is 0.119. The molecule has 2 aromatic rings. The molecule has 0 aliphatic heterocycles. The zero-order chi connectivity index (χ0) is 10.7. The molecule has 0 radical (unpaired) electrons. The Labute approximate surface area is 91.0 Å². The van der Waals surface area contributed by atoms with Crippen molar-refractivity contribution in [3.63, 3.8) is 0 Å². The smallest absolute Gasteiger partial charge is 0.255 e. The van der Waals surface area contributed by atoms with Crippen LogP contribution in [0.5, 0.6) is 0 Å². The van der Waals surface area contributed by atoms with Crippen LogP contribution in [-0.2, 0) is 6.54 Å². The maximum Gasteiger partial charge on any atom is 0.326 e. The van der Waals surface area contributed by atoms with Gasteiger partial charge in [0.25, 0.3) is 0 Å². The molecule has 2 rings (SSSR count). The second-order valence-electron chi connectivity index (χ2n) is 2.90. The Bertz CT molecular complexity index is 548. The van der Waals surface area contributed by atoms with Crippen molar-refractivity contribution in [2.45, 2.75) is 6.54 Å². The standard InChI is InChI=1S/C11H8N2OS/c1-2-8-13-11(14)15-10(12-13)9-6-4-3-5-7-9/h1,3-7H,8H2. The van der Waals surface area contributed by atoms with Crippen molar-refractivity contribution in [2.75, 3.05) is 0 Å². The van der Waals surface area contributed by atoms with Crippen LogP contribution >= 0.6 is 11.3 Å². The van der Waals surface area contributed by atoms with Crippen LogP contribution in [-0.4, -0.2) is 9.78 Å². The van der Waals surface area contributed by atoms with Gasteiger partial charge in [0.05, 0.1) is 0 Å². The van der Waals surface area contributed by atoms with Gasteiger partial charge < -0.3 is 0 Å². The maximum absolute atomic E-state index is 11.4. The molecule has 3 nitrogen and oxygen atoms in total. The van der Waals surface area contributed by atoms with E-state index in [1.54, 1.807) is 0 Å². The monoisotopic (exact) mass is 216 g/mol. The topological polar surface area (TPSA) is 34.9 Å². The number of hydrogen-bond donors (Lipinski definition) is 0. The molecule has 15 heavy (non-hydrogen) atoms. The predicted molar refractivity (Wildman–Crippen MR) is 60.6 cm³/mol. The molecule has 0 N–H and O–H groups in total. The Hall–Kier alpha value is -1.86. The third-order valence-electron chi connectivity index (χ3n) is 1.87. The first-order chi connectivity index (χ1) is 7.31. The third-order valence-corrected chi connectivity index (χ3v) is 2.76. The number of rotatable bonds is 2. The second kappa shape index (κ2) is 4.11. The number of benzene rings is 1. The Balaban J connectivity index is 2.44. The summed E-state index contributed by atoms with van der Waals surface area (Å²) in [6.07, 6.45) is 5.13. The minimum Gasteiger partial charge on any atom is -0.255 e. The summed E-state index contributed by atoms with van der Waals surface area (Å²) >= 11 is 1.11. The van der Waals surface area contributed by atoms with E-state index < -0.39 is 0 Å². The van der Waals surface area contributed by atoms with Crippen LogP contribution in [0.4, 0.5) is 0 Å². The van der Waals surface area contributed by atoms with Crippen LogP contribution in [0, 0.1) is 12.3 Å². The molecule has 1 aromatic heterocycles. The zero-order valence-electron chi connectivity index (χ0n) is 7.88. The highest BCUT2D eigenvalue weighted by atomic mass is 32.1. The first-order valence-electron chi connectivity index (χ1n) is 4.38. The van der Waals surface area contributed by atoms with E-state index in [4.69, 9.17) is 6.42 Å². The van der Waals surface area contributed by atoms with Crippen molar-refractivity contribution in [2.24, 2.45) is 0 Å². The normalized spacial score (nSPS) is 9.80. The number of terminal acetylenes is 1. The fourth-order valence-corrected chi connectivity index (χ4v) is 1.96. The van der Waals surface area contributed by atoms with E-state index in [9.17, 15) is 4.79 Å². The molecular formula is C11H8N2OS. The number of nitrogens with zero attached hydrogens (tertiary/aromatic N) is 2. The van der Waals surface area contributed by atoms with Crippen molar-refractivity contribution in [1.82, 2.24) is 9.78 Å². The molecule has 0 atom stereocenters. The Kier molecular flexibility index (Phi) is 2.66. The van der Waals surface area contributed by atoms with E-state index in [0.29, 0.717) is 5.01 Å². The van der Waals surface area contributed by atoms with Gasteiger partial charge in [-0.05, 0) is 0 Å². The SMILES string of the molecule is C#CCn1nc(-c2ccccc2)sc1=O. The lowest BCUT2D eigenvalue weighted by Crippen LogP contribution is -2.13. The minimum atomic E-state index is -0.119. The van der Waals surface area contributed by atoms with E-state index >= 15 is 0 Å². The van der Waals surface area contributed by atoms with Gasteiger partial charge in [0, 0.05) is 5.56 Å². The van der Waals surface area contributed by atoms with Gasteiger partial charge in [0.2, 0.25) is 0 Å². The van der Waals surface area contributed by atoms with E-state index in [1.807, 2.05) is 30.3 Å². The lowest BCUT2D eigenvalue weighted by atomic mass is 10.2. The molecule has 74 valence electrons. The summed E-state index contributed by atoms with van der Waals surface area (Å²) < 4.78 is 1.30. The van der Waals surface area contributed by atoms with Crippen LogP contribution in [0.15, 0.2) is 35.1 Å². The van der Waals surface area contributed by atoms with Crippen LogP contribution in [0.1, 0.15) is 0 Å². The highest BCUT2D eigenvalue weighted by Crippen LogP contribution is 2.17. The summed E-state index contributed by atoms with van der Waals surface area (Å²) in [6.45, 7) is 0.224. The largest absolute Gasteiger partial charge is 0.326 e. The van der Waals surface area contributed by atoms with E-state index in [0.717, 1.165) is 16.9 Å². The summed E-state index contributed by atoms with van der Waals surface area (Å²) in [5.41, 5.74) is 0.940. The highest BCUT2D eigenvalue weighted by Gasteiger charge is 2.06. The van der Waals surface area contributed by atoms with Crippen molar-refractivity contribution >= 4 is 11.3 Å². The average Bonchev–Trinajstić information content (AvgIpc) is 2.63. The van der Waals surface area contributed by atoms with Crippen LogP contribution in [0.25, 0.3) is 10.6 Å². The van der Waals surface area contributed by atoms with Gasteiger partial charge in [-0.3, -0.25) is 4.79 Å². The molecule has 4 heteroatoms. The maximum atomic E-state index is 11.4. The van der Waals surface area contributed by atoms with Gasteiger partial charge in [-0.2, -0.15) is 5.10 Å². The second-order valence-corrected chi connectivity index (χ2v) is 3.84. The summed E-state index contributed by atoms with van der Waals surface area (Å²) in [7, 11) is 0. The molecule has 0 spiro atoms. The molecule has 0 bridgehead atoms. The molecule has 1 aromatic carbocycles. The van der Waals surface area contributed by atoms with Crippen molar-refractivity contribution < 1.29 is 0 Å². The lowest BCUT2D eigenvalue weighted by molar-refractivity contribution is 0.696. The van der Waals surface area contributed by atoms with Gasteiger partial charge in [-0.25, -0.2) is 4.68 Å². The molecule has 0 fully saturated rings. The van der Waals surface area contributed by atoms with E-state index in [-0.39, 0.29) is 11.4 Å². The number of aromatic nitrogens is 2. The average molecular weight is 216 g/mol. The molecular weight excluding hydrogens is 208 g/mol. The first kappa shape index (κ1) is 9.69. The zero-order valence-corrected chi connectivity index (χ0v) is 8.70. The van der Waals surface area contributed by atoms with Gasteiger partial charge in [-0.15, -0.1) is 6.42 Å². The molecule has 0 amide bonds. The third kappa shape index (κ3) is 1.97. The van der Waals surface area contributed by atoms with Gasteiger partial charge in [-0.1, -0.05) is 47.6 Å². The molecule has 0 unspecified atom stereocenters. The van der Waals surface area contributed by atoms with Crippen LogP contribution in [0.2, 0.25) is 0 Å². The first-order valence-corrected chi connectivity index (χ1v) is 5.20. The summed E-state index contributed by atoms with van der Waals surface area (Å²) in [6, 6.07) is 9.57. The van der Waals surface area contributed by atoms with Crippen LogP contribution < -0.4 is 4.87 Å². The van der Waals surface area contributed by atoms with Crippen molar-refractivity contribution in [1.29, 1.82) is 0 Å². The van der Waals surface area contributed by atoms with Gasteiger partial charge in [0.1, 0.15) is 11.6 Å². The number of hydrogen-bond acceptors (Lipinski definition) is 3. The van der Waals surface area contributed by atoms with Gasteiger partial charge in [0.15, 0.2) is 0 Å². The van der Waals surface area contributed by atoms with Crippen molar-refractivity contribution in [3.05, 3.63) is 40.0 Å². The van der Waals surface area contributed by atoms with Crippen molar-refractivity contribution in [3.8, 4) is 22.9 Å². The van der Waals surface area contributed by atoms with E-state index in [2.05, 4.69) is 11.0 Å².